The maximum absolute atomic E-state index is 12.2. The van der Waals surface area contributed by atoms with Gasteiger partial charge < -0.3 is 9.52 Å². The molecular weight excluding hydrogens is 346 g/mol. The number of hydrogen-bond acceptors (Lipinski definition) is 4. The minimum atomic E-state index is -3.63. The van der Waals surface area contributed by atoms with Gasteiger partial charge in [0.05, 0.1) is 17.8 Å². The first-order valence-corrected chi connectivity index (χ1v) is 8.22. The Hall–Kier alpha value is -1.15. The molecular formula is C13H14BrNO4S. The summed E-state index contributed by atoms with van der Waals surface area (Å²) in [7, 11) is -3.63. The maximum Gasteiger partial charge on any atom is 0.241 e. The molecule has 5 nitrogen and oxygen atoms in total. The van der Waals surface area contributed by atoms with Gasteiger partial charge in [-0.05, 0) is 45.8 Å². The van der Waals surface area contributed by atoms with Crippen LogP contribution in [0.2, 0.25) is 0 Å². The summed E-state index contributed by atoms with van der Waals surface area (Å²) in [6, 6.07) is 8.25. The van der Waals surface area contributed by atoms with Crippen molar-refractivity contribution in [2.24, 2.45) is 0 Å². The lowest BCUT2D eigenvalue weighted by atomic mass is 10.2. The molecule has 0 aliphatic heterocycles. The molecule has 1 aromatic heterocycles. The lowest BCUT2D eigenvalue weighted by Crippen LogP contribution is -2.26. The van der Waals surface area contributed by atoms with Crippen LogP contribution in [-0.4, -0.2) is 20.1 Å². The van der Waals surface area contributed by atoms with Crippen molar-refractivity contribution in [1.82, 2.24) is 4.72 Å². The Kier molecular flexibility index (Phi) is 4.98. The van der Waals surface area contributed by atoms with Crippen LogP contribution in [0.1, 0.15) is 11.3 Å². The second-order valence-electron chi connectivity index (χ2n) is 4.15. The maximum atomic E-state index is 12.2. The first-order valence-electron chi connectivity index (χ1n) is 5.94. The Bertz CT molecular complexity index is 668. The Morgan fingerprint density at radius 3 is 2.75 bits per heavy atom. The van der Waals surface area contributed by atoms with E-state index < -0.39 is 10.0 Å². The SMILES string of the molecule is O=S(=O)(NCCc1ccco1)c1cc(CO)ccc1Br. The van der Waals surface area contributed by atoms with Crippen LogP contribution >= 0.6 is 15.9 Å². The van der Waals surface area contributed by atoms with E-state index in [2.05, 4.69) is 20.7 Å². The molecule has 7 heteroatoms. The van der Waals surface area contributed by atoms with Crippen molar-refractivity contribution in [3.63, 3.8) is 0 Å². The molecule has 2 N–H and O–H groups in total. The Morgan fingerprint density at radius 2 is 2.10 bits per heavy atom. The molecule has 0 radical (unpaired) electrons. The average Bonchev–Trinajstić information content (AvgIpc) is 2.92. The van der Waals surface area contributed by atoms with Gasteiger partial charge >= 0.3 is 0 Å². The van der Waals surface area contributed by atoms with E-state index in [0.717, 1.165) is 5.76 Å². The highest BCUT2D eigenvalue weighted by atomic mass is 79.9. The van der Waals surface area contributed by atoms with Crippen LogP contribution < -0.4 is 4.72 Å². The summed E-state index contributed by atoms with van der Waals surface area (Å²) in [5.74, 6) is 0.718. The Morgan fingerprint density at radius 1 is 1.30 bits per heavy atom. The first-order chi connectivity index (χ1) is 9.53. The molecule has 1 aromatic carbocycles. The quantitative estimate of drug-likeness (QED) is 0.827. The molecule has 2 rings (SSSR count). The fraction of sp³-hybridized carbons (Fsp3) is 0.231. The summed E-state index contributed by atoms with van der Waals surface area (Å²) in [5, 5.41) is 9.08. The number of halogens is 1. The number of nitrogens with one attached hydrogen (secondary N) is 1. The molecule has 0 aliphatic rings. The third kappa shape index (κ3) is 3.69. The van der Waals surface area contributed by atoms with Gasteiger partial charge in [-0.25, -0.2) is 13.1 Å². The van der Waals surface area contributed by atoms with Gasteiger partial charge in [0.15, 0.2) is 0 Å². The average molecular weight is 360 g/mol. The fourth-order valence-electron chi connectivity index (χ4n) is 1.69. The second kappa shape index (κ2) is 6.53. The molecule has 108 valence electrons. The number of rotatable bonds is 6. The molecule has 2 aromatic rings. The summed E-state index contributed by atoms with van der Waals surface area (Å²) < 4.78 is 32.5. The first kappa shape index (κ1) is 15.2. The zero-order valence-corrected chi connectivity index (χ0v) is 12.9. The van der Waals surface area contributed by atoms with E-state index >= 15 is 0 Å². The third-order valence-electron chi connectivity index (χ3n) is 2.71. The van der Waals surface area contributed by atoms with E-state index in [9.17, 15) is 8.42 Å². The van der Waals surface area contributed by atoms with Crippen LogP contribution in [0.25, 0.3) is 0 Å². The molecule has 0 saturated heterocycles. The van der Waals surface area contributed by atoms with Gasteiger partial charge in [0.2, 0.25) is 10.0 Å². The smallest absolute Gasteiger partial charge is 0.241 e. The van der Waals surface area contributed by atoms with Crippen LogP contribution in [0.4, 0.5) is 0 Å². The van der Waals surface area contributed by atoms with Crippen LogP contribution in [-0.2, 0) is 23.1 Å². The van der Waals surface area contributed by atoms with E-state index in [0.29, 0.717) is 16.5 Å². The molecule has 0 amide bonds. The predicted molar refractivity (Wildman–Crippen MR) is 77.7 cm³/mol. The number of furan rings is 1. The second-order valence-corrected chi connectivity index (χ2v) is 6.74. The van der Waals surface area contributed by atoms with Crippen molar-refractivity contribution < 1.29 is 17.9 Å². The minimum absolute atomic E-state index is 0.114. The van der Waals surface area contributed by atoms with Crippen LogP contribution in [0.15, 0.2) is 50.4 Å². The Balaban J connectivity index is 2.09. The van der Waals surface area contributed by atoms with E-state index in [4.69, 9.17) is 9.52 Å². The Labute approximate surface area is 125 Å². The third-order valence-corrected chi connectivity index (χ3v) is 5.17. The van der Waals surface area contributed by atoms with Crippen molar-refractivity contribution in [1.29, 1.82) is 0 Å². The fourth-order valence-corrected chi connectivity index (χ4v) is 3.74. The molecule has 0 aliphatic carbocycles. The number of aliphatic hydroxyl groups excluding tert-OH is 1. The van der Waals surface area contributed by atoms with E-state index in [1.807, 2.05) is 0 Å². The number of benzene rings is 1. The zero-order valence-electron chi connectivity index (χ0n) is 10.5. The van der Waals surface area contributed by atoms with E-state index in [-0.39, 0.29) is 18.0 Å². The molecule has 1 heterocycles. The molecule has 0 bridgehead atoms. The molecule has 0 unspecified atom stereocenters. The highest BCUT2D eigenvalue weighted by molar-refractivity contribution is 9.10. The van der Waals surface area contributed by atoms with Crippen molar-refractivity contribution >= 4 is 26.0 Å². The zero-order chi connectivity index (χ0) is 14.6. The monoisotopic (exact) mass is 359 g/mol. The summed E-state index contributed by atoms with van der Waals surface area (Å²) in [6.45, 7) is 0.0356. The van der Waals surface area contributed by atoms with Crippen molar-refractivity contribution in [3.05, 3.63) is 52.4 Å². The highest BCUT2D eigenvalue weighted by Crippen LogP contribution is 2.23. The van der Waals surface area contributed by atoms with Gasteiger partial charge in [-0.1, -0.05) is 6.07 Å². The van der Waals surface area contributed by atoms with Gasteiger partial charge in [-0.3, -0.25) is 0 Å². The van der Waals surface area contributed by atoms with Crippen LogP contribution in [0.5, 0.6) is 0 Å². The molecule has 20 heavy (non-hydrogen) atoms. The molecule has 0 atom stereocenters. The van der Waals surface area contributed by atoms with Crippen molar-refractivity contribution in [3.8, 4) is 0 Å². The van der Waals surface area contributed by atoms with Crippen molar-refractivity contribution in [2.45, 2.75) is 17.9 Å². The summed E-state index contributed by atoms with van der Waals surface area (Å²) in [4.78, 5) is 0.114. The number of hydrogen-bond donors (Lipinski definition) is 2. The van der Waals surface area contributed by atoms with Crippen LogP contribution in [0, 0.1) is 0 Å². The van der Waals surface area contributed by atoms with E-state index in [1.54, 1.807) is 30.5 Å². The van der Waals surface area contributed by atoms with Gasteiger partial charge in [-0.15, -0.1) is 0 Å². The van der Waals surface area contributed by atoms with Crippen LogP contribution in [0.3, 0.4) is 0 Å². The largest absolute Gasteiger partial charge is 0.469 e. The number of sulfonamides is 1. The summed E-state index contributed by atoms with van der Waals surface area (Å²) >= 11 is 3.21. The predicted octanol–water partition coefficient (Wildman–Crippen LogP) is 2.06. The normalized spacial score (nSPS) is 11.7. The molecule has 0 spiro atoms. The minimum Gasteiger partial charge on any atom is -0.469 e. The van der Waals surface area contributed by atoms with Gasteiger partial charge in [0.25, 0.3) is 0 Å². The lowest BCUT2D eigenvalue weighted by molar-refractivity contribution is 0.281. The molecule has 0 saturated carbocycles. The van der Waals surface area contributed by atoms with E-state index in [1.165, 1.54) is 6.07 Å². The topological polar surface area (TPSA) is 79.5 Å². The molecule has 0 fully saturated rings. The number of aliphatic hydroxyl groups is 1. The van der Waals surface area contributed by atoms with Crippen molar-refractivity contribution in [2.75, 3.05) is 6.54 Å². The lowest BCUT2D eigenvalue weighted by Gasteiger charge is -2.09. The van der Waals surface area contributed by atoms with Gasteiger partial charge in [-0.2, -0.15) is 0 Å². The summed E-state index contributed by atoms with van der Waals surface area (Å²) in [6.07, 6.45) is 2.02. The highest BCUT2D eigenvalue weighted by Gasteiger charge is 2.17. The standard InChI is InChI=1S/C13H14BrNO4S/c14-12-4-3-10(9-16)8-13(12)20(17,18)15-6-5-11-2-1-7-19-11/h1-4,7-8,15-16H,5-6,9H2. The van der Waals surface area contributed by atoms with Gasteiger partial charge in [0, 0.05) is 17.4 Å². The summed E-state index contributed by atoms with van der Waals surface area (Å²) in [5.41, 5.74) is 0.541. The van der Waals surface area contributed by atoms with Gasteiger partial charge in [0.1, 0.15) is 5.76 Å².